The third-order valence-corrected chi connectivity index (χ3v) is 17.1. The van der Waals surface area contributed by atoms with Gasteiger partial charge in [0.2, 0.25) is 0 Å². The van der Waals surface area contributed by atoms with E-state index < -0.39 is 8.07 Å². The lowest BCUT2D eigenvalue weighted by Crippen LogP contribution is -2.72. The monoisotopic (exact) mass is 756 g/mol. The minimum absolute atomic E-state index is 0.918. The number of furan rings is 1. The molecular formula is C54H36N2OSi. The van der Waals surface area contributed by atoms with E-state index in [1.807, 2.05) is 0 Å². The van der Waals surface area contributed by atoms with Crippen LogP contribution in [-0.4, -0.2) is 12.6 Å². The van der Waals surface area contributed by atoms with Gasteiger partial charge < -0.3 is 13.9 Å². The quantitative estimate of drug-likeness (QED) is 0.158. The minimum Gasteiger partial charge on any atom is -0.455 e. The van der Waals surface area contributed by atoms with Crippen LogP contribution in [0, 0.1) is 0 Å². The molecule has 0 fully saturated rings. The van der Waals surface area contributed by atoms with E-state index in [0.717, 1.165) is 44.7 Å². The molecule has 3 nitrogen and oxygen atoms in total. The summed E-state index contributed by atoms with van der Waals surface area (Å²) < 4.78 is 9.23. The Labute approximate surface area is 337 Å². The molecule has 0 saturated heterocycles. The smallest absolute Gasteiger partial charge is 0.181 e. The van der Waals surface area contributed by atoms with Gasteiger partial charge in [0.1, 0.15) is 11.2 Å². The van der Waals surface area contributed by atoms with E-state index in [0.29, 0.717) is 0 Å². The van der Waals surface area contributed by atoms with Crippen LogP contribution in [0.25, 0.3) is 60.6 Å². The first-order valence-corrected chi connectivity index (χ1v) is 21.9. The maximum atomic E-state index is 6.85. The van der Waals surface area contributed by atoms with Crippen LogP contribution in [0.1, 0.15) is 0 Å². The number of fused-ring (bicyclic) bond motifs is 10. The number of hydrogen-bond acceptors (Lipinski definition) is 2. The van der Waals surface area contributed by atoms with Gasteiger partial charge in [-0.1, -0.05) is 152 Å². The average Bonchev–Trinajstić information content (AvgIpc) is 3.94. The number of nitrogens with zero attached hydrogens (tertiary/aromatic N) is 2. The second-order valence-electron chi connectivity index (χ2n) is 15.2. The van der Waals surface area contributed by atoms with E-state index in [1.54, 1.807) is 0 Å². The maximum Gasteiger partial charge on any atom is 0.181 e. The van der Waals surface area contributed by atoms with E-state index >= 15 is 0 Å². The van der Waals surface area contributed by atoms with E-state index in [2.05, 4.69) is 228 Å². The van der Waals surface area contributed by atoms with Crippen molar-refractivity contribution < 1.29 is 4.42 Å². The molecule has 0 bridgehead atoms. The number of benzene rings is 9. The van der Waals surface area contributed by atoms with Crippen molar-refractivity contribution in [1.82, 2.24) is 4.57 Å². The molecule has 0 N–H and O–H groups in total. The molecule has 11 aromatic rings. The molecule has 0 atom stereocenters. The Morgan fingerprint density at radius 2 is 0.983 bits per heavy atom. The molecule has 1 aliphatic rings. The predicted molar refractivity (Wildman–Crippen MR) is 245 cm³/mol. The van der Waals surface area contributed by atoms with Crippen LogP contribution in [0.3, 0.4) is 0 Å². The summed E-state index contributed by atoms with van der Waals surface area (Å²) in [5.41, 5.74) is 11.2. The Kier molecular flexibility index (Phi) is 7.25. The third-order valence-electron chi connectivity index (χ3n) is 12.2. The predicted octanol–water partition coefficient (Wildman–Crippen LogP) is 11.5. The van der Waals surface area contributed by atoms with Crippen LogP contribution in [0.15, 0.2) is 223 Å². The molecule has 0 spiro atoms. The Morgan fingerprint density at radius 3 is 1.72 bits per heavy atom. The summed E-state index contributed by atoms with van der Waals surface area (Å²) in [5.74, 6) is 0. The fraction of sp³-hybridized carbons (Fsp3) is 0. The van der Waals surface area contributed by atoms with Crippen molar-refractivity contribution in [3.63, 3.8) is 0 Å². The summed E-state index contributed by atoms with van der Waals surface area (Å²) in [7, 11) is -2.88. The van der Waals surface area contributed by atoms with Gasteiger partial charge in [0.25, 0.3) is 0 Å². The lowest BCUT2D eigenvalue weighted by atomic mass is 10.0. The van der Waals surface area contributed by atoms with E-state index in [9.17, 15) is 0 Å². The van der Waals surface area contributed by atoms with Gasteiger partial charge in [0.15, 0.2) is 8.07 Å². The molecule has 0 saturated carbocycles. The first kappa shape index (κ1) is 32.8. The second-order valence-corrected chi connectivity index (χ2v) is 19.0. The highest BCUT2D eigenvalue weighted by atomic mass is 28.3. The van der Waals surface area contributed by atoms with Crippen molar-refractivity contribution in [2.24, 2.45) is 0 Å². The molecule has 4 heteroatoms. The molecular weight excluding hydrogens is 721 g/mol. The molecule has 0 amide bonds. The second kappa shape index (κ2) is 12.8. The van der Waals surface area contributed by atoms with E-state index in [-0.39, 0.29) is 0 Å². The normalized spacial score (nSPS) is 13.0. The Bertz CT molecular complexity index is 3300. The van der Waals surface area contributed by atoms with Crippen molar-refractivity contribution in [3.8, 4) is 16.8 Å². The molecule has 2 aromatic heterocycles. The third kappa shape index (κ3) is 4.67. The number of hydrogen-bond donors (Lipinski definition) is 0. The van der Waals surface area contributed by atoms with Gasteiger partial charge in [-0.05, 0) is 93.0 Å². The topological polar surface area (TPSA) is 21.3 Å². The molecule has 3 heterocycles. The van der Waals surface area contributed by atoms with Gasteiger partial charge >= 0.3 is 0 Å². The number of anilines is 3. The molecule has 272 valence electrons. The lowest BCUT2D eigenvalue weighted by Gasteiger charge is -2.32. The van der Waals surface area contributed by atoms with Gasteiger partial charge in [-0.25, -0.2) is 0 Å². The fourth-order valence-corrected chi connectivity index (χ4v) is 15.0. The van der Waals surface area contributed by atoms with Crippen LogP contribution in [0.5, 0.6) is 0 Å². The van der Waals surface area contributed by atoms with Gasteiger partial charge in [-0.2, -0.15) is 0 Å². The molecule has 0 radical (unpaired) electrons. The van der Waals surface area contributed by atoms with Crippen LogP contribution < -0.4 is 25.6 Å². The highest BCUT2D eigenvalue weighted by Gasteiger charge is 2.50. The Hall–Kier alpha value is -7.40. The first-order chi connectivity index (χ1) is 28.8. The van der Waals surface area contributed by atoms with Crippen LogP contribution in [0.2, 0.25) is 0 Å². The number of para-hydroxylation sites is 4. The van der Waals surface area contributed by atoms with Crippen LogP contribution in [-0.2, 0) is 0 Å². The van der Waals surface area contributed by atoms with Gasteiger partial charge in [-0.15, -0.1) is 0 Å². The molecule has 9 aromatic carbocycles. The zero-order chi connectivity index (χ0) is 38.2. The lowest BCUT2D eigenvalue weighted by molar-refractivity contribution is 0.670. The summed E-state index contributed by atoms with van der Waals surface area (Å²) in [6.45, 7) is 0. The summed E-state index contributed by atoms with van der Waals surface area (Å²) in [6, 6.07) is 80.0. The largest absolute Gasteiger partial charge is 0.455 e. The summed E-state index contributed by atoms with van der Waals surface area (Å²) in [4.78, 5) is 2.43. The highest BCUT2D eigenvalue weighted by molar-refractivity contribution is 7.22. The number of aromatic nitrogens is 1. The van der Waals surface area contributed by atoms with Crippen molar-refractivity contribution in [3.05, 3.63) is 218 Å². The SMILES string of the molecule is c1ccc(N(c2ccc3c(c2)[Si](c2ccccc2)(c2ccccc2)c2ccc4c(oc5ccccc54)c2-3)c2ccc3c(c2)c2ccccc2n3-c2ccccc2)cc1. The summed E-state index contributed by atoms with van der Waals surface area (Å²) in [6.07, 6.45) is 0. The van der Waals surface area contributed by atoms with E-state index in [1.165, 1.54) is 53.7 Å². The van der Waals surface area contributed by atoms with Crippen molar-refractivity contribution in [1.29, 1.82) is 0 Å². The average molecular weight is 757 g/mol. The standard InChI is InChI=1S/C54H36N2OSi/c1-5-17-37(18-6-1)55(39-30-33-49-47(35-39)43-25-13-15-27-48(43)56(49)38-19-7-2-8-20-38)40-29-31-46-52(36-40)58(41-21-9-3-10-22-41,42-23-11-4-12-24-42)51-34-32-45-44-26-14-16-28-50(44)57-54(45)53(46)51/h1-36H. The Balaban J connectivity index is 1.15. The maximum absolute atomic E-state index is 6.85. The molecule has 1 aliphatic heterocycles. The van der Waals surface area contributed by atoms with Gasteiger partial charge in [0, 0.05) is 49.9 Å². The van der Waals surface area contributed by atoms with Crippen LogP contribution in [0.4, 0.5) is 17.1 Å². The van der Waals surface area contributed by atoms with Gasteiger partial charge in [0.05, 0.1) is 11.0 Å². The van der Waals surface area contributed by atoms with Crippen molar-refractivity contribution in [2.45, 2.75) is 0 Å². The molecule has 58 heavy (non-hydrogen) atoms. The number of rotatable bonds is 6. The summed E-state index contributed by atoms with van der Waals surface area (Å²) in [5, 5.41) is 10.2. The highest BCUT2D eigenvalue weighted by Crippen LogP contribution is 2.43. The van der Waals surface area contributed by atoms with Crippen LogP contribution >= 0.6 is 0 Å². The first-order valence-electron chi connectivity index (χ1n) is 19.9. The van der Waals surface area contributed by atoms with Gasteiger partial charge in [-0.3, -0.25) is 0 Å². The summed E-state index contributed by atoms with van der Waals surface area (Å²) >= 11 is 0. The molecule has 0 aliphatic carbocycles. The zero-order valence-corrected chi connectivity index (χ0v) is 32.6. The minimum atomic E-state index is -2.88. The van der Waals surface area contributed by atoms with Crippen molar-refractivity contribution in [2.75, 3.05) is 4.90 Å². The molecule has 12 rings (SSSR count). The fourth-order valence-electron chi connectivity index (χ4n) is 9.86. The zero-order valence-electron chi connectivity index (χ0n) is 31.6. The van der Waals surface area contributed by atoms with Crippen molar-refractivity contribution >= 4 is 89.6 Å². The van der Waals surface area contributed by atoms with E-state index in [4.69, 9.17) is 4.42 Å². The Morgan fingerprint density at radius 1 is 0.397 bits per heavy atom. The molecule has 0 unspecified atom stereocenters.